The maximum absolute atomic E-state index is 13.4. The topological polar surface area (TPSA) is 173 Å². The van der Waals surface area contributed by atoms with E-state index in [9.17, 15) is 24.3 Å². The van der Waals surface area contributed by atoms with Crippen molar-refractivity contribution >= 4 is 29.8 Å². The van der Waals surface area contributed by atoms with Crippen molar-refractivity contribution in [3.63, 3.8) is 0 Å². The molecule has 3 N–H and O–H groups in total. The van der Waals surface area contributed by atoms with Gasteiger partial charge in [0, 0.05) is 44.3 Å². The highest BCUT2D eigenvalue weighted by Gasteiger charge is 2.31. The Balaban J connectivity index is 1.78. The van der Waals surface area contributed by atoms with Gasteiger partial charge >= 0.3 is 12.1 Å². The van der Waals surface area contributed by atoms with Gasteiger partial charge in [-0.25, -0.2) is 14.8 Å². The predicted molar refractivity (Wildman–Crippen MR) is 147 cm³/mol. The largest absolute Gasteiger partial charge is 0.527 e. The summed E-state index contributed by atoms with van der Waals surface area (Å²) in [5, 5.41) is 16.5. The number of carbonyl (C=O) groups excluding carboxylic acids is 3. The molecule has 2 atom stereocenters. The maximum atomic E-state index is 13.4. The van der Waals surface area contributed by atoms with E-state index in [0.717, 1.165) is 0 Å². The van der Waals surface area contributed by atoms with Gasteiger partial charge < -0.3 is 35.0 Å². The minimum absolute atomic E-state index is 0.00625. The zero-order chi connectivity index (χ0) is 29.8. The first-order valence-electron chi connectivity index (χ1n) is 13.3. The molecule has 0 saturated carbocycles. The van der Waals surface area contributed by atoms with E-state index in [0.29, 0.717) is 23.8 Å². The first-order valence-corrected chi connectivity index (χ1v) is 13.3. The SMILES string of the molecule is CCOC(=O)ON1CCN(C(=O)[C@H](CCC(=O)O)NC(=O)c2cc(N[C@H](C)COC)nc(-c3ccccc3)n2)CC1. The number of carboxylic acid groups (broad SMARTS) is 1. The van der Waals surface area contributed by atoms with Gasteiger partial charge in [0.2, 0.25) is 5.91 Å². The molecule has 0 aliphatic carbocycles. The number of piperazine rings is 1. The van der Waals surface area contributed by atoms with Crippen LogP contribution in [-0.4, -0.2) is 108 Å². The van der Waals surface area contributed by atoms with E-state index in [1.165, 1.54) is 16.0 Å². The number of nitrogens with one attached hydrogen (secondary N) is 2. The van der Waals surface area contributed by atoms with E-state index in [1.807, 2.05) is 37.3 Å². The van der Waals surface area contributed by atoms with E-state index in [2.05, 4.69) is 20.6 Å². The molecule has 1 aromatic carbocycles. The fraction of sp³-hybridized carbons (Fsp3) is 0.481. The Labute approximate surface area is 237 Å². The fourth-order valence-corrected chi connectivity index (χ4v) is 4.13. The second-order valence-electron chi connectivity index (χ2n) is 9.32. The molecule has 2 amide bonds. The van der Waals surface area contributed by atoms with Gasteiger partial charge in [0.05, 0.1) is 26.3 Å². The van der Waals surface area contributed by atoms with E-state index < -0.39 is 30.0 Å². The molecule has 14 nitrogen and oxygen atoms in total. The Bertz CT molecular complexity index is 1190. The van der Waals surface area contributed by atoms with Crippen LogP contribution in [0.4, 0.5) is 10.6 Å². The average Bonchev–Trinajstić information content (AvgIpc) is 2.95. The molecule has 222 valence electrons. The molecule has 1 aliphatic heterocycles. The van der Waals surface area contributed by atoms with Crippen molar-refractivity contribution < 1.29 is 38.6 Å². The molecule has 0 radical (unpaired) electrons. The summed E-state index contributed by atoms with van der Waals surface area (Å²) in [6.45, 7) is 4.99. The standard InChI is InChI=1S/C27H36N6O8/c1-4-40-27(38)41-33-14-12-32(13-15-33)26(37)20(10-11-23(34)35)30-25(36)21-16-22(28-18(2)17-39-3)31-24(29-21)19-8-6-5-7-9-19/h5-9,16,18,20H,4,10-15,17H2,1-3H3,(H,30,36)(H,34,35)(H,28,29,31)/t18-,20+/m1/s1. The van der Waals surface area contributed by atoms with Crippen LogP contribution in [0.15, 0.2) is 36.4 Å². The molecular formula is C27H36N6O8. The lowest BCUT2D eigenvalue weighted by Crippen LogP contribution is -2.55. The third-order valence-electron chi connectivity index (χ3n) is 6.07. The summed E-state index contributed by atoms with van der Waals surface area (Å²) in [7, 11) is 1.58. The lowest BCUT2D eigenvalue weighted by atomic mass is 10.1. The number of aromatic nitrogens is 2. The third-order valence-corrected chi connectivity index (χ3v) is 6.07. The average molecular weight is 573 g/mol. The molecule has 0 spiro atoms. The van der Waals surface area contributed by atoms with Crippen LogP contribution in [0.5, 0.6) is 0 Å². The van der Waals surface area contributed by atoms with Gasteiger partial charge in [-0.05, 0) is 20.3 Å². The molecule has 14 heteroatoms. The van der Waals surface area contributed by atoms with E-state index in [4.69, 9.17) is 14.3 Å². The summed E-state index contributed by atoms with van der Waals surface area (Å²) < 4.78 is 9.95. The normalized spacial score (nSPS) is 15.0. The van der Waals surface area contributed by atoms with Crippen molar-refractivity contribution in [2.24, 2.45) is 0 Å². The number of hydrogen-bond donors (Lipinski definition) is 3. The number of anilines is 1. The monoisotopic (exact) mass is 572 g/mol. The molecule has 0 bridgehead atoms. The van der Waals surface area contributed by atoms with Crippen LogP contribution in [0, 0.1) is 0 Å². The lowest BCUT2D eigenvalue weighted by Gasteiger charge is -2.35. The van der Waals surface area contributed by atoms with E-state index >= 15 is 0 Å². The Morgan fingerprint density at radius 2 is 1.78 bits per heavy atom. The summed E-state index contributed by atoms with van der Waals surface area (Å²) in [5.41, 5.74) is 0.692. The number of methoxy groups -OCH3 is 1. The molecule has 41 heavy (non-hydrogen) atoms. The smallest absolute Gasteiger partial charge is 0.481 e. The Hall–Kier alpha value is -4.30. The molecular weight excluding hydrogens is 536 g/mol. The molecule has 0 unspecified atom stereocenters. The van der Waals surface area contributed by atoms with Crippen LogP contribution in [0.1, 0.15) is 37.2 Å². The molecule has 3 rings (SSSR count). The van der Waals surface area contributed by atoms with E-state index in [1.54, 1.807) is 14.0 Å². The van der Waals surface area contributed by atoms with Gasteiger partial charge in [0.25, 0.3) is 5.91 Å². The first-order chi connectivity index (χ1) is 19.7. The zero-order valence-electron chi connectivity index (χ0n) is 23.4. The molecule has 1 fully saturated rings. The number of hydroxylamine groups is 2. The number of aliphatic carboxylic acids is 1. The van der Waals surface area contributed by atoms with Crippen molar-refractivity contribution in [1.29, 1.82) is 0 Å². The van der Waals surface area contributed by atoms with Crippen molar-refractivity contribution in [3.8, 4) is 11.4 Å². The highest BCUT2D eigenvalue weighted by Crippen LogP contribution is 2.19. The van der Waals surface area contributed by atoms with Crippen LogP contribution in [0.2, 0.25) is 0 Å². The number of rotatable bonds is 13. The maximum Gasteiger partial charge on any atom is 0.527 e. The molecule has 1 aromatic heterocycles. The van der Waals surface area contributed by atoms with Gasteiger partial charge in [-0.3, -0.25) is 14.4 Å². The van der Waals surface area contributed by atoms with Crippen LogP contribution < -0.4 is 10.6 Å². The minimum atomic E-state index is -1.12. The lowest BCUT2D eigenvalue weighted by molar-refractivity contribution is -0.157. The van der Waals surface area contributed by atoms with Crippen molar-refractivity contribution in [1.82, 2.24) is 25.2 Å². The van der Waals surface area contributed by atoms with Crippen LogP contribution in [0.25, 0.3) is 11.4 Å². The van der Waals surface area contributed by atoms with Crippen LogP contribution in [-0.2, 0) is 23.9 Å². The van der Waals surface area contributed by atoms with Gasteiger partial charge in [0.1, 0.15) is 17.6 Å². The van der Waals surface area contributed by atoms with Gasteiger partial charge in [-0.2, -0.15) is 0 Å². The van der Waals surface area contributed by atoms with Crippen LogP contribution in [0.3, 0.4) is 0 Å². The zero-order valence-corrected chi connectivity index (χ0v) is 23.4. The first kappa shape index (κ1) is 31.2. The second kappa shape index (κ2) is 15.5. The second-order valence-corrected chi connectivity index (χ2v) is 9.32. The van der Waals surface area contributed by atoms with Gasteiger partial charge in [0.15, 0.2) is 5.82 Å². The summed E-state index contributed by atoms with van der Waals surface area (Å²) in [6, 6.07) is 9.35. The minimum Gasteiger partial charge on any atom is -0.481 e. The molecule has 1 aliphatic rings. The number of nitrogens with zero attached hydrogens (tertiary/aromatic N) is 4. The van der Waals surface area contributed by atoms with Crippen molar-refractivity contribution in [2.45, 2.75) is 38.8 Å². The third kappa shape index (κ3) is 9.69. The Morgan fingerprint density at radius 1 is 1.07 bits per heavy atom. The van der Waals surface area contributed by atoms with Crippen LogP contribution >= 0.6 is 0 Å². The quantitative estimate of drug-likeness (QED) is 0.298. The highest BCUT2D eigenvalue weighted by molar-refractivity contribution is 5.97. The highest BCUT2D eigenvalue weighted by atomic mass is 16.8. The number of benzene rings is 1. The Morgan fingerprint density at radius 3 is 2.41 bits per heavy atom. The van der Waals surface area contributed by atoms with Gasteiger partial charge in [-0.15, -0.1) is 5.06 Å². The molecule has 2 aromatic rings. The fourth-order valence-electron chi connectivity index (χ4n) is 4.13. The summed E-state index contributed by atoms with van der Waals surface area (Å²) in [4.78, 5) is 65.2. The summed E-state index contributed by atoms with van der Waals surface area (Å²) in [6.07, 6.45) is -1.28. The van der Waals surface area contributed by atoms with E-state index in [-0.39, 0.29) is 57.4 Å². The molecule has 1 saturated heterocycles. The van der Waals surface area contributed by atoms with Crippen molar-refractivity contribution in [2.75, 3.05) is 51.8 Å². The number of ether oxygens (including phenoxy) is 2. The number of carbonyl (C=O) groups is 4. The summed E-state index contributed by atoms with van der Waals surface area (Å²) >= 11 is 0. The number of carboxylic acids is 1. The summed E-state index contributed by atoms with van der Waals surface area (Å²) in [5.74, 6) is -1.51. The number of hydrogen-bond acceptors (Lipinski definition) is 11. The predicted octanol–water partition coefficient (Wildman–Crippen LogP) is 1.79. The number of amides is 2. The Kier molecular flexibility index (Phi) is 11.8. The van der Waals surface area contributed by atoms with Gasteiger partial charge in [-0.1, -0.05) is 30.3 Å². The van der Waals surface area contributed by atoms with Crippen molar-refractivity contribution in [3.05, 3.63) is 42.1 Å². The molecule has 2 heterocycles.